The van der Waals surface area contributed by atoms with Crippen LogP contribution in [0.15, 0.2) is 48.5 Å². The van der Waals surface area contributed by atoms with E-state index in [2.05, 4.69) is 16.2 Å². The van der Waals surface area contributed by atoms with Crippen LogP contribution in [-0.4, -0.2) is 28.7 Å². The van der Waals surface area contributed by atoms with E-state index in [0.29, 0.717) is 0 Å². The Morgan fingerprint density at radius 2 is 1.67 bits per heavy atom. The van der Waals surface area contributed by atoms with Crippen molar-refractivity contribution in [3.63, 3.8) is 0 Å². The molecule has 9 nitrogen and oxygen atoms in total. The third-order valence-electron chi connectivity index (χ3n) is 3.47. The Kier molecular flexibility index (Phi) is 6.15. The molecule has 3 N–H and O–H groups in total. The number of hydrogen-bond acceptors (Lipinski definition) is 5. The lowest BCUT2D eigenvalue weighted by Crippen LogP contribution is -2.51. The maximum absolute atomic E-state index is 12.8. The van der Waals surface area contributed by atoms with Crippen LogP contribution < -0.4 is 16.2 Å². The lowest BCUT2D eigenvalue weighted by atomic mass is 10.1. The number of hydrogen-bond donors (Lipinski definition) is 3. The van der Waals surface area contributed by atoms with Gasteiger partial charge in [-0.15, -0.1) is 0 Å². The van der Waals surface area contributed by atoms with E-state index < -0.39 is 34.5 Å². The van der Waals surface area contributed by atoms with Gasteiger partial charge in [0.05, 0.1) is 4.92 Å². The van der Waals surface area contributed by atoms with Gasteiger partial charge in [-0.2, -0.15) is 0 Å². The van der Waals surface area contributed by atoms with Gasteiger partial charge in [0.25, 0.3) is 23.4 Å². The van der Waals surface area contributed by atoms with Crippen LogP contribution in [0.3, 0.4) is 0 Å². The molecular formula is C17H15FN4O5. The number of rotatable bonds is 5. The first-order chi connectivity index (χ1) is 12.8. The Bertz CT molecular complexity index is 885. The Labute approximate surface area is 152 Å². The van der Waals surface area contributed by atoms with Crippen molar-refractivity contribution in [2.75, 3.05) is 0 Å². The number of benzene rings is 2. The quantitative estimate of drug-likeness (QED) is 0.537. The molecule has 140 valence electrons. The molecule has 0 aliphatic rings. The number of halogens is 1. The monoisotopic (exact) mass is 374 g/mol. The summed E-state index contributed by atoms with van der Waals surface area (Å²) < 4.78 is 12.8. The van der Waals surface area contributed by atoms with Crippen molar-refractivity contribution in [2.24, 2.45) is 0 Å². The van der Waals surface area contributed by atoms with E-state index in [1.807, 2.05) is 0 Å². The van der Waals surface area contributed by atoms with Gasteiger partial charge in [-0.25, -0.2) is 4.39 Å². The topological polar surface area (TPSA) is 130 Å². The molecule has 0 heterocycles. The molecule has 0 bridgehead atoms. The highest BCUT2D eigenvalue weighted by Gasteiger charge is 2.19. The lowest BCUT2D eigenvalue weighted by Gasteiger charge is -2.14. The predicted octanol–water partition coefficient (Wildman–Crippen LogP) is 1.31. The van der Waals surface area contributed by atoms with Gasteiger partial charge in [0.1, 0.15) is 11.9 Å². The molecule has 2 aromatic rings. The lowest BCUT2D eigenvalue weighted by molar-refractivity contribution is -0.384. The summed E-state index contributed by atoms with van der Waals surface area (Å²) in [7, 11) is 0. The molecule has 3 amide bonds. The smallest absolute Gasteiger partial charge is 0.270 e. The maximum atomic E-state index is 12.8. The predicted molar refractivity (Wildman–Crippen MR) is 92.0 cm³/mol. The van der Waals surface area contributed by atoms with E-state index in [-0.39, 0.29) is 16.8 Å². The minimum atomic E-state index is -1.04. The average Bonchev–Trinajstić information content (AvgIpc) is 2.66. The molecule has 0 aliphatic carbocycles. The Hall–Kier alpha value is -3.82. The van der Waals surface area contributed by atoms with Gasteiger partial charge < -0.3 is 5.32 Å². The maximum Gasteiger partial charge on any atom is 0.270 e. The third-order valence-corrected chi connectivity index (χ3v) is 3.47. The molecule has 1 atom stereocenters. The molecule has 0 saturated heterocycles. The Morgan fingerprint density at radius 1 is 1.00 bits per heavy atom. The molecule has 0 spiro atoms. The zero-order valence-corrected chi connectivity index (χ0v) is 14.1. The van der Waals surface area contributed by atoms with E-state index in [1.54, 1.807) is 0 Å². The SMILES string of the molecule is CC(NC(=O)c1cccc([N+](=O)[O-])c1)C(=O)NNC(=O)c1ccc(F)cc1. The number of carbonyl (C=O) groups is 3. The molecule has 10 heteroatoms. The van der Waals surface area contributed by atoms with Crippen LogP contribution in [0.2, 0.25) is 0 Å². The van der Waals surface area contributed by atoms with Gasteiger partial charge in [-0.05, 0) is 37.3 Å². The van der Waals surface area contributed by atoms with Crippen molar-refractivity contribution in [3.05, 3.63) is 75.6 Å². The van der Waals surface area contributed by atoms with Crippen LogP contribution >= 0.6 is 0 Å². The molecular weight excluding hydrogens is 359 g/mol. The summed E-state index contributed by atoms with van der Waals surface area (Å²) >= 11 is 0. The second-order valence-electron chi connectivity index (χ2n) is 5.45. The first-order valence-electron chi connectivity index (χ1n) is 7.69. The fraction of sp³-hybridized carbons (Fsp3) is 0.118. The van der Waals surface area contributed by atoms with Crippen LogP contribution in [0.1, 0.15) is 27.6 Å². The molecule has 0 aromatic heterocycles. The van der Waals surface area contributed by atoms with Crippen molar-refractivity contribution in [1.82, 2.24) is 16.2 Å². The summed E-state index contributed by atoms with van der Waals surface area (Å²) in [4.78, 5) is 46.0. The highest BCUT2D eigenvalue weighted by Crippen LogP contribution is 2.13. The molecule has 2 aromatic carbocycles. The summed E-state index contributed by atoms with van der Waals surface area (Å²) in [6.45, 7) is 1.37. The van der Waals surface area contributed by atoms with Crippen LogP contribution in [0.4, 0.5) is 10.1 Å². The average molecular weight is 374 g/mol. The fourth-order valence-corrected chi connectivity index (χ4v) is 2.01. The summed E-state index contributed by atoms with van der Waals surface area (Å²) in [5, 5.41) is 13.1. The van der Waals surface area contributed by atoms with Crippen LogP contribution in [0.25, 0.3) is 0 Å². The molecule has 1 unspecified atom stereocenters. The van der Waals surface area contributed by atoms with Crippen molar-refractivity contribution < 1.29 is 23.7 Å². The van der Waals surface area contributed by atoms with Crippen LogP contribution in [0, 0.1) is 15.9 Å². The second-order valence-corrected chi connectivity index (χ2v) is 5.45. The molecule has 0 saturated carbocycles. The number of nitro benzene ring substituents is 1. The first kappa shape index (κ1) is 19.5. The highest BCUT2D eigenvalue weighted by molar-refractivity contribution is 5.99. The van der Waals surface area contributed by atoms with Crippen LogP contribution in [-0.2, 0) is 4.79 Å². The molecule has 0 fully saturated rings. The van der Waals surface area contributed by atoms with Gasteiger partial charge in [0.2, 0.25) is 0 Å². The van der Waals surface area contributed by atoms with Crippen molar-refractivity contribution in [1.29, 1.82) is 0 Å². The van der Waals surface area contributed by atoms with E-state index >= 15 is 0 Å². The number of nitrogens with zero attached hydrogens (tertiary/aromatic N) is 1. The molecule has 0 radical (unpaired) electrons. The van der Waals surface area contributed by atoms with E-state index in [4.69, 9.17) is 0 Å². The number of carbonyl (C=O) groups excluding carboxylic acids is 3. The first-order valence-corrected chi connectivity index (χ1v) is 7.69. The third kappa shape index (κ3) is 5.33. The van der Waals surface area contributed by atoms with Gasteiger partial charge in [0, 0.05) is 23.3 Å². The largest absolute Gasteiger partial charge is 0.340 e. The summed E-state index contributed by atoms with van der Waals surface area (Å²) in [6.07, 6.45) is 0. The van der Waals surface area contributed by atoms with E-state index in [1.165, 1.54) is 37.3 Å². The minimum Gasteiger partial charge on any atom is -0.340 e. The highest BCUT2D eigenvalue weighted by atomic mass is 19.1. The van der Waals surface area contributed by atoms with Gasteiger partial charge in [-0.1, -0.05) is 6.07 Å². The second kappa shape index (κ2) is 8.52. The summed E-state index contributed by atoms with van der Waals surface area (Å²) in [6, 6.07) is 8.66. The minimum absolute atomic E-state index is 0.0131. The molecule has 0 aliphatic heterocycles. The van der Waals surface area contributed by atoms with E-state index in [0.717, 1.165) is 18.2 Å². The fourth-order valence-electron chi connectivity index (χ4n) is 2.01. The number of nitrogens with one attached hydrogen (secondary N) is 3. The molecule has 27 heavy (non-hydrogen) atoms. The number of nitro groups is 1. The van der Waals surface area contributed by atoms with Crippen molar-refractivity contribution in [2.45, 2.75) is 13.0 Å². The van der Waals surface area contributed by atoms with Gasteiger partial charge in [-0.3, -0.25) is 35.3 Å². The van der Waals surface area contributed by atoms with Gasteiger partial charge in [0.15, 0.2) is 0 Å². The van der Waals surface area contributed by atoms with E-state index in [9.17, 15) is 28.9 Å². The normalized spacial score (nSPS) is 11.2. The van der Waals surface area contributed by atoms with Crippen molar-refractivity contribution in [3.8, 4) is 0 Å². The number of hydrazine groups is 1. The Morgan fingerprint density at radius 3 is 2.30 bits per heavy atom. The van der Waals surface area contributed by atoms with Gasteiger partial charge >= 0.3 is 0 Å². The van der Waals surface area contributed by atoms with Crippen LogP contribution in [0.5, 0.6) is 0 Å². The summed E-state index contributed by atoms with van der Waals surface area (Å²) in [5.41, 5.74) is 4.15. The zero-order valence-electron chi connectivity index (χ0n) is 14.1. The standard InChI is InChI=1S/C17H15FN4O5/c1-10(19-16(24)12-3-2-4-14(9-12)22(26)27)15(23)20-21-17(25)11-5-7-13(18)8-6-11/h2-10H,1H3,(H,19,24)(H,20,23)(H,21,25). The number of amides is 3. The van der Waals surface area contributed by atoms with Crippen molar-refractivity contribution >= 4 is 23.4 Å². The number of non-ortho nitro benzene ring substituents is 1. The zero-order chi connectivity index (χ0) is 20.0. The summed E-state index contributed by atoms with van der Waals surface area (Å²) in [5.74, 6) is -2.58. The molecule has 2 rings (SSSR count). The Balaban J connectivity index is 1.90.